The predicted molar refractivity (Wildman–Crippen MR) is 134 cm³/mol. The minimum Gasteiger partial charge on any atom is -0.299 e. The number of hydrogen-bond acceptors (Lipinski definition) is 1. The average Bonchev–Trinajstić information content (AvgIpc) is 3.31. The number of fused-ring (bicyclic) bond motifs is 2. The molecule has 0 aliphatic heterocycles. The van der Waals surface area contributed by atoms with Crippen LogP contribution in [0, 0.1) is 56.7 Å². The number of hydrogen-bond donors (Lipinski definition) is 0. The van der Waals surface area contributed by atoms with Crippen molar-refractivity contribution in [3.8, 4) is 0 Å². The summed E-state index contributed by atoms with van der Waals surface area (Å²) in [6.07, 6.45) is 14.7. The van der Waals surface area contributed by atoms with Crippen LogP contribution in [-0.4, -0.2) is 5.78 Å². The van der Waals surface area contributed by atoms with Gasteiger partial charge in [0, 0.05) is 11.8 Å². The van der Waals surface area contributed by atoms with Crippen molar-refractivity contribution in [2.75, 3.05) is 0 Å². The maximum atomic E-state index is 12.8. The van der Waals surface area contributed by atoms with Crippen molar-refractivity contribution in [3.63, 3.8) is 0 Å². The Balaban J connectivity index is 1.39. The molecule has 180 valence electrons. The van der Waals surface area contributed by atoms with Crippen molar-refractivity contribution in [2.45, 2.75) is 119 Å². The van der Waals surface area contributed by atoms with Gasteiger partial charge in [-0.05, 0) is 122 Å². The van der Waals surface area contributed by atoms with E-state index in [-0.39, 0.29) is 5.41 Å². The zero-order valence-electron chi connectivity index (χ0n) is 22.3. The molecule has 0 saturated heterocycles. The largest absolute Gasteiger partial charge is 0.299 e. The van der Waals surface area contributed by atoms with Gasteiger partial charge >= 0.3 is 0 Å². The van der Waals surface area contributed by atoms with E-state index in [0.29, 0.717) is 39.3 Å². The molecule has 0 amide bonds. The van der Waals surface area contributed by atoms with Crippen LogP contribution in [0.1, 0.15) is 119 Å². The number of ketones is 1. The quantitative estimate of drug-likeness (QED) is 0.393. The molecule has 0 unspecified atom stereocenters. The smallest absolute Gasteiger partial charge is 0.138 e. The highest BCUT2D eigenvalue weighted by atomic mass is 16.1. The molecular formula is C31H50O. The molecule has 5 saturated carbocycles. The van der Waals surface area contributed by atoms with Crippen LogP contribution in [-0.2, 0) is 4.79 Å². The fraction of sp³-hybridized carbons (Fsp3) is 0.903. The van der Waals surface area contributed by atoms with Gasteiger partial charge in [0.05, 0.1) is 0 Å². The van der Waals surface area contributed by atoms with Crippen molar-refractivity contribution in [3.05, 3.63) is 12.2 Å². The Hall–Kier alpha value is -0.590. The summed E-state index contributed by atoms with van der Waals surface area (Å²) in [4.78, 5) is 12.8. The fourth-order valence-corrected chi connectivity index (χ4v) is 11.1. The highest BCUT2D eigenvalue weighted by Gasteiger charge is 2.82. The van der Waals surface area contributed by atoms with Crippen LogP contribution in [0.2, 0.25) is 0 Å². The van der Waals surface area contributed by atoms with Gasteiger partial charge in [0.2, 0.25) is 0 Å². The molecule has 9 atom stereocenters. The lowest BCUT2D eigenvalue weighted by atomic mass is 9.42. The molecule has 5 aliphatic carbocycles. The van der Waals surface area contributed by atoms with E-state index in [1.807, 2.05) is 0 Å². The molecule has 2 spiro atoms. The summed E-state index contributed by atoms with van der Waals surface area (Å²) < 4.78 is 0. The summed E-state index contributed by atoms with van der Waals surface area (Å²) in [6.45, 7) is 21.4. The number of carbonyl (C=O) groups excluding carboxylic acids is 1. The van der Waals surface area contributed by atoms with Crippen LogP contribution < -0.4 is 0 Å². The summed E-state index contributed by atoms with van der Waals surface area (Å²) in [5.41, 5.74) is 3.37. The zero-order valence-corrected chi connectivity index (χ0v) is 22.3. The Morgan fingerprint density at radius 1 is 0.906 bits per heavy atom. The lowest BCUT2D eigenvalue weighted by molar-refractivity contribution is -0.157. The van der Waals surface area contributed by atoms with Gasteiger partial charge in [-0.15, -0.1) is 0 Å². The number of allylic oxidation sites excluding steroid dienone is 1. The molecule has 0 aromatic rings. The van der Waals surface area contributed by atoms with Gasteiger partial charge in [0.25, 0.3) is 0 Å². The SMILES string of the molecule is C=C(C)[C@@H](C)CC[C@@H](C)[C@H]1CC[C@@]2(C)[C@@H]3CC[C@@H]4C(C)(C)C(=O)CC[C@@]45C[C@@]35CC[C@]12C. The first-order valence-corrected chi connectivity index (χ1v) is 14.0. The monoisotopic (exact) mass is 438 g/mol. The van der Waals surface area contributed by atoms with E-state index >= 15 is 0 Å². The van der Waals surface area contributed by atoms with Crippen molar-refractivity contribution >= 4 is 5.78 Å². The van der Waals surface area contributed by atoms with Crippen molar-refractivity contribution in [1.29, 1.82) is 0 Å². The Bertz CT molecular complexity index is 822. The minimum atomic E-state index is -0.0823. The van der Waals surface area contributed by atoms with E-state index in [9.17, 15) is 4.79 Å². The third-order valence-electron chi connectivity index (χ3n) is 13.5. The maximum Gasteiger partial charge on any atom is 0.138 e. The second-order valence-corrected chi connectivity index (χ2v) is 14.6. The highest BCUT2D eigenvalue weighted by molar-refractivity contribution is 5.86. The first-order valence-electron chi connectivity index (χ1n) is 14.0. The van der Waals surface area contributed by atoms with Gasteiger partial charge < -0.3 is 0 Å². The summed E-state index contributed by atoms with van der Waals surface area (Å²) >= 11 is 0. The molecule has 1 heteroatoms. The highest BCUT2D eigenvalue weighted by Crippen LogP contribution is 2.88. The molecule has 0 heterocycles. The molecule has 5 rings (SSSR count). The fourth-order valence-electron chi connectivity index (χ4n) is 11.1. The Morgan fingerprint density at radius 2 is 1.56 bits per heavy atom. The van der Waals surface area contributed by atoms with Crippen LogP contribution in [0.4, 0.5) is 0 Å². The predicted octanol–water partition coefficient (Wildman–Crippen LogP) is 8.62. The van der Waals surface area contributed by atoms with E-state index in [1.165, 1.54) is 69.8 Å². The van der Waals surface area contributed by atoms with Crippen LogP contribution in [0.15, 0.2) is 12.2 Å². The van der Waals surface area contributed by atoms with Crippen LogP contribution >= 0.6 is 0 Å². The van der Waals surface area contributed by atoms with Gasteiger partial charge in [-0.1, -0.05) is 53.7 Å². The van der Waals surface area contributed by atoms with E-state index in [1.54, 1.807) is 0 Å². The lowest BCUT2D eigenvalue weighted by Crippen LogP contribution is -2.57. The first-order chi connectivity index (χ1) is 14.9. The molecule has 1 nitrogen and oxygen atoms in total. The van der Waals surface area contributed by atoms with Gasteiger partial charge in [-0.25, -0.2) is 0 Å². The minimum absolute atomic E-state index is 0.0823. The van der Waals surface area contributed by atoms with E-state index in [2.05, 4.69) is 55.0 Å². The third kappa shape index (κ3) is 2.66. The summed E-state index contributed by atoms with van der Waals surface area (Å²) in [5, 5.41) is 0. The number of Topliss-reactive ketones (excluding diaryl/α,β-unsaturated/α-hetero) is 1. The molecule has 0 bridgehead atoms. The van der Waals surface area contributed by atoms with Crippen LogP contribution in [0.3, 0.4) is 0 Å². The third-order valence-corrected chi connectivity index (χ3v) is 13.5. The van der Waals surface area contributed by atoms with E-state index in [4.69, 9.17) is 0 Å². The van der Waals surface area contributed by atoms with Gasteiger partial charge in [-0.2, -0.15) is 0 Å². The molecule has 0 aromatic heterocycles. The molecule has 0 aromatic carbocycles. The normalized spacial score (nSPS) is 50.5. The standard InChI is InChI=1S/C31H50O/c1-20(2)21(3)9-10-22(4)23-13-15-29(8)25-12-11-24-27(5,6)26(32)14-16-30(24)19-31(25,30)18-17-28(23,29)7/h21-25H,1,9-19H2,2-8H3/t21-,22+,23+,24+,25-,28+,29-,30+,31-/m0/s1. The second kappa shape index (κ2) is 6.97. The molecule has 0 radical (unpaired) electrons. The van der Waals surface area contributed by atoms with Crippen LogP contribution in [0.5, 0.6) is 0 Å². The Morgan fingerprint density at radius 3 is 2.25 bits per heavy atom. The van der Waals surface area contributed by atoms with Gasteiger partial charge in [-0.3, -0.25) is 4.79 Å². The average molecular weight is 439 g/mol. The summed E-state index contributed by atoms with van der Waals surface area (Å²) in [6, 6.07) is 0. The Kier molecular flexibility index (Phi) is 5.05. The van der Waals surface area contributed by atoms with Crippen LogP contribution in [0.25, 0.3) is 0 Å². The van der Waals surface area contributed by atoms with Crippen molar-refractivity contribution in [1.82, 2.24) is 0 Å². The number of rotatable bonds is 5. The van der Waals surface area contributed by atoms with E-state index < -0.39 is 0 Å². The molecule has 0 N–H and O–H groups in total. The van der Waals surface area contributed by atoms with Gasteiger partial charge in [0.15, 0.2) is 0 Å². The summed E-state index contributed by atoms with van der Waals surface area (Å²) in [7, 11) is 0. The number of carbonyl (C=O) groups is 1. The van der Waals surface area contributed by atoms with Gasteiger partial charge in [0.1, 0.15) is 5.78 Å². The lowest BCUT2D eigenvalue weighted by Gasteiger charge is -2.62. The second-order valence-electron chi connectivity index (χ2n) is 14.6. The topological polar surface area (TPSA) is 17.1 Å². The summed E-state index contributed by atoms with van der Waals surface area (Å²) in [5.74, 6) is 4.49. The maximum absolute atomic E-state index is 12.8. The Labute approximate surface area is 198 Å². The zero-order chi connectivity index (χ0) is 23.3. The molecular weight excluding hydrogens is 388 g/mol. The van der Waals surface area contributed by atoms with Crippen molar-refractivity contribution < 1.29 is 4.79 Å². The first kappa shape index (κ1) is 23.2. The van der Waals surface area contributed by atoms with Crippen molar-refractivity contribution in [2.24, 2.45) is 56.7 Å². The molecule has 5 fully saturated rings. The molecule has 5 aliphatic rings. The molecule has 32 heavy (non-hydrogen) atoms. The van der Waals surface area contributed by atoms with E-state index in [0.717, 1.165) is 24.2 Å².